The Bertz CT molecular complexity index is 867. The summed E-state index contributed by atoms with van der Waals surface area (Å²) in [5.41, 5.74) is 2.78. The van der Waals surface area contributed by atoms with Crippen LogP contribution in [0.4, 0.5) is 0 Å². The van der Waals surface area contributed by atoms with E-state index in [-0.39, 0.29) is 0 Å². The zero-order valence-corrected chi connectivity index (χ0v) is 19.7. The van der Waals surface area contributed by atoms with Crippen molar-refractivity contribution in [2.75, 3.05) is 40.3 Å². The Labute approximate surface area is 188 Å². The molecule has 1 aromatic heterocycles. The molecule has 1 amide bonds. The fourth-order valence-corrected chi connectivity index (χ4v) is 5.57. The Balaban J connectivity index is 1.29. The van der Waals surface area contributed by atoms with Crippen LogP contribution in [0.1, 0.15) is 51.0 Å². The van der Waals surface area contributed by atoms with Crippen molar-refractivity contribution in [3.05, 3.63) is 36.0 Å². The van der Waals surface area contributed by atoms with Crippen LogP contribution < -0.4 is 0 Å². The Hall–Kier alpha value is -1.85. The largest absolute Gasteiger partial charge is 0.347 e. The van der Waals surface area contributed by atoms with Gasteiger partial charge in [-0.3, -0.25) is 9.69 Å². The molecule has 4 rings (SSSR count). The first-order valence-corrected chi connectivity index (χ1v) is 12.3. The minimum atomic E-state index is 0.345. The van der Waals surface area contributed by atoms with Crippen LogP contribution in [0, 0.1) is 5.92 Å². The number of carbonyl (C=O) groups excluding carboxylic acids is 1. The summed E-state index contributed by atoms with van der Waals surface area (Å²) in [6, 6.07) is 9.21. The smallest absolute Gasteiger partial charge is 0.222 e. The Morgan fingerprint density at radius 2 is 1.90 bits per heavy atom. The number of carbonyl (C=O) groups is 1. The van der Waals surface area contributed by atoms with Gasteiger partial charge in [-0.15, -0.1) is 0 Å². The molecule has 0 N–H and O–H groups in total. The van der Waals surface area contributed by atoms with Gasteiger partial charge in [0.05, 0.1) is 0 Å². The molecule has 31 heavy (non-hydrogen) atoms. The molecule has 0 bridgehead atoms. The molecule has 2 fully saturated rings. The first-order valence-electron chi connectivity index (χ1n) is 12.3. The third-order valence-corrected chi connectivity index (χ3v) is 7.60. The van der Waals surface area contributed by atoms with Crippen LogP contribution in [-0.2, 0) is 17.9 Å². The number of piperidine rings is 2. The zero-order chi connectivity index (χ0) is 21.8. The van der Waals surface area contributed by atoms with Crippen molar-refractivity contribution < 1.29 is 4.79 Å². The van der Waals surface area contributed by atoms with Gasteiger partial charge in [0.25, 0.3) is 0 Å². The molecule has 0 spiro atoms. The van der Waals surface area contributed by atoms with Gasteiger partial charge in [-0.2, -0.15) is 0 Å². The molecule has 0 aliphatic carbocycles. The lowest BCUT2D eigenvalue weighted by molar-refractivity contribution is -0.133. The molecular formula is C26H40N4O. The van der Waals surface area contributed by atoms with Crippen LogP contribution in [-0.4, -0.2) is 71.5 Å². The van der Waals surface area contributed by atoms with Crippen LogP contribution in [0.2, 0.25) is 0 Å². The fraction of sp³-hybridized carbons (Fsp3) is 0.654. The minimum absolute atomic E-state index is 0.345. The van der Waals surface area contributed by atoms with Crippen LogP contribution in [0.15, 0.2) is 30.5 Å². The van der Waals surface area contributed by atoms with Crippen molar-refractivity contribution in [1.82, 2.24) is 19.3 Å². The summed E-state index contributed by atoms with van der Waals surface area (Å²) in [4.78, 5) is 19.8. The molecule has 170 valence electrons. The third-order valence-electron chi connectivity index (χ3n) is 7.60. The minimum Gasteiger partial charge on any atom is -0.347 e. The van der Waals surface area contributed by atoms with Crippen molar-refractivity contribution in [3.8, 4) is 0 Å². The van der Waals surface area contributed by atoms with Gasteiger partial charge in [0.2, 0.25) is 5.91 Å². The van der Waals surface area contributed by atoms with Gasteiger partial charge in [-0.1, -0.05) is 18.2 Å². The molecular weight excluding hydrogens is 384 g/mol. The first kappa shape index (κ1) is 22.3. The molecule has 3 heterocycles. The van der Waals surface area contributed by atoms with Gasteiger partial charge >= 0.3 is 0 Å². The molecule has 1 atom stereocenters. The molecule has 0 unspecified atom stereocenters. The maximum Gasteiger partial charge on any atom is 0.222 e. The van der Waals surface area contributed by atoms with Crippen molar-refractivity contribution in [1.29, 1.82) is 0 Å². The molecule has 5 nitrogen and oxygen atoms in total. The lowest BCUT2D eigenvalue weighted by atomic mass is 9.92. The second-order valence-electron chi connectivity index (χ2n) is 9.78. The van der Waals surface area contributed by atoms with E-state index in [2.05, 4.69) is 58.8 Å². The summed E-state index contributed by atoms with van der Waals surface area (Å²) in [7, 11) is 4.20. The Morgan fingerprint density at radius 3 is 2.68 bits per heavy atom. The Kier molecular flexibility index (Phi) is 7.34. The second-order valence-corrected chi connectivity index (χ2v) is 9.78. The number of nitrogens with zero attached hydrogens (tertiary/aromatic N) is 4. The summed E-state index contributed by atoms with van der Waals surface area (Å²) in [5.74, 6) is 0.987. The number of aromatic nitrogens is 1. The van der Waals surface area contributed by atoms with Crippen molar-refractivity contribution in [2.24, 2.45) is 5.92 Å². The number of hydrogen-bond acceptors (Lipinski definition) is 3. The number of aryl methyl sites for hydroxylation is 1. The topological polar surface area (TPSA) is 31.7 Å². The number of amides is 1. The highest BCUT2D eigenvalue weighted by Gasteiger charge is 2.26. The van der Waals surface area contributed by atoms with E-state index >= 15 is 0 Å². The average Bonchev–Trinajstić information content (AvgIpc) is 3.15. The molecule has 0 radical (unpaired) electrons. The van der Waals surface area contributed by atoms with Gasteiger partial charge in [-0.25, -0.2) is 0 Å². The molecule has 2 aliphatic rings. The van der Waals surface area contributed by atoms with E-state index in [0.29, 0.717) is 24.3 Å². The second kappa shape index (κ2) is 10.2. The average molecular weight is 425 g/mol. The quantitative estimate of drug-likeness (QED) is 0.667. The van der Waals surface area contributed by atoms with E-state index in [1.807, 2.05) is 11.9 Å². The molecule has 2 saturated heterocycles. The lowest BCUT2D eigenvalue weighted by Gasteiger charge is -2.36. The number of likely N-dealkylation sites (tertiary alicyclic amines) is 2. The van der Waals surface area contributed by atoms with Crippen molar-refractivity contribution >= 4 is 16.8 Å². The molecule has 5 heteroatoms. The summed E-state index contributed by atoms with van der Waals surface area (Å²) in [6.45, 7) is 8.75. The van der Waals surface area contributed by atoms with Gasteiger partial charge < -0.3 is 14.4 Å². The third kappa shape index (κ3) is 5.32. The van der Waals surface area contributed by atoms with E-state index in [1.165, 1.54) is 35.9 Å². The first-order chi connectivity index (χ1) is 15.0. The standard InChI is InChI=1S/C26H40N4O/c1-4-30-20-22(24-9-5-6-10-25(24)30)19-29-15-7-8-21(18-29)11-12-26(31)28(3)23-13-16-27(2)17-14-23/h5-6,9-10,20-21,23H,4,7-8,11-19H2,1-3H3/t21-/m1/s1. The van der Waals surface area contributed by atoms with E-state index in [4.69, 9.17) is 0 Å². The number of para-hydroxylation sites is 1. The zero-order valence-electron chi connectivity index (χ0n) is 19.7. The Morgan fingerprint density at radius 1 is 1.13 bits per heavy atom. The van der Waals surface area contributed by atoms with Crippen LogP contribution >= 0.6 is 0 Å². The highest BCUT2D eigenvalue weighted by atomic mass is 16.2. The molecule has 0 saturated carbocycles. The van der Waals surface area contributed by atoms with Crippen molar-refractivity contribution in [2.45, 2.75) is 64.6 Å². The van der Waals surface area contributed by atoms with Gasteiger partial charge in [0.1, 0.15) is 0 Å². The maximum absolute atomic E-state index is 12.8. The lowest BCUT2D eigenvalue weighted by Crippen LogP contribution is -2.44. The molecule has 1 aromatic carbocycles. The summed E-state index contributed by atoms with van der Waals surface area (Å²) in [6.07, 6.45) is 8.81. The van der Waals surface area contributed by atoms with Gasteiger partial charge in [0, 0.05) is 56.2 Å². The van der Waals surface area contributed by atoms with E-state index < -0.39 is 0 Å². The monoisotopic (exact) mass is 424 g/mol. The van der Waals surface area contributed by atoms with Crippen LogP contribution in [0.3, 0.4) is 0 Å². The van der Waals surface area contributed by atoms with Crippen molar-refractivity contribution in [3.63, 3.8) is 0 Å². The predicted molar refractivity (Wildman–Crippen MR) is 128 cm³/mol. The highest BCUT2D eigenvalue weighted by molar-refractivity contribution is 5.84. The van der Waals surface area contributed by atoms with E-state index in [9.17, 15) is 4.79 Å². The number of hydrogen-bond donors (Lipinski definition) is 0. The SMILES string of the molecule is CCn1cc(CN2CCC[C@H](CCC(=O)N(C)C3CCN(C)CC3)C2)c2ccccc21. The number of fused-ring (bicyclic) bond motifs is 1. The summed E-state index contributed by atoms with van der Waals surface area (Å²) in [5, 5.41) is 1.39. The van der Waals surface area contributed by atoms with Gasteiger partial charge in [-0.05, 0) is 83.3 Å². The normalized spacial score (nSPS) is 21.6. The van der Waals surface area contributed by atoms with E-state index in [0.717, 1.165) is 52.0 Å². The maximum atomic E-state index is 12.8. The molecule has 2 aliphatic heterocycles. The number of benzene rings is 1. The van der Waals surface area contributed by atoms with Gasteiger partial charge in [0.15, 0.2) is 0 Å². The van der Waals surface area contributed by atoms with Crippen LogP contribution in [0.25, 0.3) is 10.9 Å². The predicted octanol–water partition coefficient (Wildman–Crippen LogP) is 4.21. The van der Waals surface area contributed by atoms with E-state index in [1.54, 1.807) is 0 Å². The molecule has 2 aromatic rings. The summed E-state index contributed by atoms with van der Waals surface area (Å²) >= 11 is 0. The number of rotatable bonds is 7. The fourth-order valence-electron chi connectivity index (χ4n) is 5.57. The van der Waals surface area contributed by atoms with Crippen LogP contribution in [0.5, 0.6) is 0 Å². The summed E-state index contributed by atoms with van der Waals surface area (Å²) < 4.78 is 2.36. The highest BCUT2D eigenvalue weighted by Crippen LogP contribution is 2.27.